The Kier molecular flexibility index (Phi) is 4.66. The van der Waals surface area contributed by atoms with Crippen molar-refractivity contribution < 1.29 is 9.59 Å². The summed E-state index contributed by atoms with van der Waals surface area (Å²) in [6.45, 7) is 0.508. The topological polar surface area (TPSA) is 99.8 Å². The molecule has 0 unspecified atom stereocenters. The number of aromatic amines is 1. The van der Waals surface area contributed by atoms with E-state index in [0.717, 1.165) is 29.7 Å². The first-order valence-electron chi connectivity index (χ1n) is 8.63. The summed E-state index contributed by atoms with van der Waals surface area (Å²) in [4.78, 5) is 35.8. The second kappa shape index (κ2) is 7.25. The summed E-state index contributed by atoms with van der Waals surface area (Å²) in [5, 5.41) is 8.05. The predicted octanol–water partition coefficient (Wildman–Crippen LogP) is 2.27. The maximum Gasteiger partial charge on any atom is 0.229 e. The van der Waals surface area contributed by atoms with E-state index in [1.807, 2.05) is 24.3 Å². The van der Waals surface area contributed by atoms with Gasteiger partial charge in [-0.05, 0) is 25.0 Å². The molecule has 26 heavy (non-hydrogen) atoms. The van der Waals surface area contributed by atoms with E-state index in [0.29, 0.717) is 23.8 Å². The molecular weight excluding hydrogens is 350 g/mol. The molecule has 2 amide bonds. The molecule has 4 rings (SSSR count). The number of benzene rings is 1. The van der Waals surface area contributed by atoms with Gasteiger partial charge in [-0.3, -0.25) is 9.59 Å². The highest BCUT2D eigenvalue weighted by molar-refractivity contribution is 7.13. The molecule has 0 radical (unpaired) electrons. The van der Waals surface area contributed by atoms with Crippen LogP contribution in [0.15, 0.2) is 29.6 Å². The van der Waals surface area contributed by atoms with E-state index in [4.69, 9.17) is 0 Å². The Morgan fingerprint density at radius 1 is 1.23 bits per heavy atom. The smallest absolute Gasteiger partial charge is 0.229 e. The number of nitrogens with zero attached hydrogens (tertiary/aromatic N) is 2. The number of carbonyl (C=O) groups is 2. The van der Waals surface area contributed by atoms with Gasteiger partial charge in [0, 0.05) is 24.3 Å². The summed E-state index contributed by atoms with van der Waals surface area (Å²) in [5.41, 5.74) is 2.59. The molecule has 0 saturated heterocycles. The number of para-hydroxylation sites is 2. The van der Waals surface area contributed by atoms with Crippen molar-refractivity contribution in [1.29, 1.82) is 0 Å². The minimum atomic E-state index is -0.0912. The summed E-state index contributed by atoms with van der Waals surface area (Å²) in [5.74, 6) is 0.932. The molecule has 0 bridgehead atoms. The molecule has 1 aliphatic carbocycles. The Bertz CT molecular complexity index is 911. The van der Waals surface area contributed by atoms with E-state index < -0.39 is 0 Å². The van der Waals surface area contributed by atoms with Gasteiger partial charge in [-0.1, -0.05) is 12.1 Å². The van der Waals surface area contributed by atoms with E-state index in [1.165, 1.54) is 11.3 Å². The average molecular weight is 369 g/mol. The fraction of sp³-hybridized carbons (Fsp3) is 0.333. The lowest BCUT2D eigenvalue weighted by atomic mass is 10.3. The third-order valence-corrected chi connectivity index (χ3v) is 5.00. The van der Waals surface area contributed by atoms with Gasteiger partial charge < -0.3 is 15.6 Å². The molecule has 1 fully saturated rings. The van der Waals surface area contributed by atoms with Crippen molar-refractivity contribution in [2.24, 2.45) is 5.92 Å². The van der Waals surface area contributed by atoms with E-state index >= 15 is 0 Å². The molecule has 0 spiro atoms. The first-order valence-corrected chi connectivity index (χ1v) is 9.51. The fourth-order valence-corrected chi connectivity index (χ4v) is 3.38. The number of H-pyrrole nitrogens is 1. The minimum absolute atomic E-state index is 0.0289. The maximum atomic E-state index is 12.1. The average Bonchev–Trinajstić information content (AvgIpc) is 3.26. The molecule has 7 nitrogen and oxygen atoms in total. The Balaban J connectivity index is 1.23. The normalized spacial score (nSPS) is 13.7. The zero-order valence-electron chi connectivity index (χ0n) is 14.1. The summed E-state index contributed by atoms with van der Waals surface area (Å²) >= 11 is 1.35. The van der Waals surface area contributed by atoms with Gasteiger partial charge in [0.05, 0.1) is 23.1 Å². The zero-order chi connectivity index (χ0) is 17.9. The molecule has 3 aromatic rings. The highest BCUT2D eigenvalue weighted by Crippen LogP contribution is 2.30. The lowest BCUT2D eigenvalue weighted by molar-refractivity contribution is -0.120. The third kappa shape index (κ3) is 4.08. The first kappa shape index (κ1) is 16.7. The van der Waals surface area contributed by atoms with Crippen LogP contribution in [0.3, 0.4) is 0 Å². The van der Waals surface area contributed by atoms with Gasteiger partial charge in [0.2, 0.25) is 11.8 Å². The summed E-state index contributed by atoms with van der Waals surface area (Å²) in [7, 11) is 0. The van der Waals surface area contributed by atoms with Crippen molar-refractivity contribution in [3.8, 4) is 0 Å². The van der Waals surface area contributed by atoms with Crippen LogP contribution in [0.1, 0.15) is 24.4 Å². The van der Waals surface area contributed by atoms with Crippen LogP contribution in [0.4, 0.5) is 5.13 Å². The number of carbonyl (C=O) groups excluding carboxylic acids is 2. The van der Waals surface area contributed by atoms with Crippen molar-refractivity contribution >= 4 is 39.3 Å². The van der Waals surface area contributed by atoms with Crippen LogP contribution in [-0.4, -0.2) is 33.3 Å². The quantitative estimate of drug-likeness (QED) is 0.595. The second-order valence-corrected chi connectivity index (χ2v) is 7.24. The Morgan fingerprint density at radius 2 is 2.08 bits per heavy atom. The molecule has 1 aliphatic rings. The van der Waals surface area contributed by atoms with Gasteiger partial charge in [-0.15, -0.1) is 11.3 Å². The summed E-state index contributed by atoms with van der Waals surface area (Å²) in [6, 6.07) is 7.84. The Hall–Kier alpha value is -2.74. The van der Waals surface area contributed by atoms with Crippen molar-refractivity contribution in [2.45, 2.75) is 25.7 Å². The Labute approximate surface area is 154 Å². The molecular formula is C18H19N5O2S. The highest BCUT2D eigenvalue weighted by Gasteiger charge is 2.30. The van der Waals surface area contributed by atoms with Gasteiger partial charge >= 0.3 is 0 Å². The molecule has 2 heterocycles. The standard InChI is InChI=1S/C18H19N5O2S/c24-16(9-12-10-26-18(20-12)23-17(25)11-5-6-11)19-8-7-15-21-13-3-1-2-4-14(13)22-15/h1-4,10-11H,5-9H2,(H,19,24)(H,21,22)(H,20,23,25). The van der Waals surface area contributed by atoms with E-state index in [1.54, 1.807) is 5.38 Å². The van der Waals surface area contributed by atoms with Crippen LogP contribution < -0.4 is 10.6 Å². The van der Waals surface area contributed by atoms with Crippen molar-refractivity contribution in [3.63, 3.8) is 0 Å². The first-order chi connectivity index (χ1) is 12.7. The van der Waals surface area contributed by atoms with Gasteiger partial charge in [-0.25, -0.2) is 9.97 Å². The maximum absolute atomic E-state index is 12.1. The molecule has 3 N–H and O–H groups in total. The number of fused-ring (bicyclic) bond motifs is 1. The number of imidazole rings is 1. The second-order valence-electron chi connectivity index (χ2n) is 6.38. The van der Waals surface area contributed by atoms with Crippen LogP contribution >= 0.6 is 11.3 Å². The molecule has 134 valence electrons. The summed E-state index contributed by atoms with van der Waals surface area (Å²) < 4.78 is 0. The van der Waals surface area contributed by atoms with E-state index in [-0.39, 0.29) is 24.2 Å². The van der Waals surface area contributed by atoms with Crippen molar-refractivity contribution in [3.05, 3.63) is 41.2 Å². The molecule has 1 aromatic carbocycles. The summed E-state index contributed by atoms with van der Waals surface area (Å²) in [6.07, 6.45) is 2.76. The van der Waals surface area contributed by atoms with Gasteiger partial charge in [0.15, 0.2) is 5.13 Å². The number of nitrogens with one attached hydrogen (secondary N) is 3. The van der Waals surface area contributed by atoms with Gasteiger partial charge in [0.25, 0.3) is 0 Å². The van der Waals surface area contributed by atoms with Crippen LogP contribution in [0.25, 0.3) is 11.0 Å². The van der Waals surface area contributed by atoms with E-state index in [9.17, 15) is 9.59 Å². The minimum Gasteiger partial charge on any atom is -0.355 e. The molecule has 2 aromatic heterocycles. The predicted molar refractivity (Wildman–Crippen MR) is 100.0 cm³/mol. The number of anilines is 1. The zero-order valence-corrected chi connectivity index (χ0v) is 14.9. The SMILES string of the molecule is O=C(Cc1csc(NC(=O)C2CC2)n1)NCCc1nc2ccccc2[nH]1. The monoisotopic (exact) mass is 369 g/mol. The van der Waals surface area contributed by atoms with Crippen LogP contribution in [-0.2, 0) is 22.4 Å². The number of hydrogen-bond acceptors (Lipinski definition) is 5. The number of amides is 2. The Morgan fingerprint density at radius 3 is 2.88 bits per heavy atom. The largest absolute Gasteiger partial charge is 0.355 e. The van der Waals surface area contributed by atoms with Gasteiger partial charge in [0.1, 0.15) is 5.82 Å². The number of thiazole rings is 1. The molecule has 0 aliphatic heterocycles. The van der Waals surface area contributed by atoms with Crippen LogP contribution in [0, 0.1) is 5.92 Å². The molecule has 1 saturated carbocycles. The van der Waals surface area contributed by atoms with Gasteiger partial charge in [-0.2, -0.15) is 0 Å². The van der Waals surface area contributed by atoms with E-state index in [2.05, 4.69) is 25.6 Å². The van der Waals surface area contributed by atoms with Crippen molar-refractivity contribution in [1.82, 2.24) is 20.3 Å². The number of hydrogen-bond donors (Lipinski definition) is 3. The molecule has 8 heteroatoms. The van der Waals surface area contributed by atoms with Crippen molar-refractivity contribution in [2.75, 3.05) is 11.9 Å². The third-order valence-electron chi connectivity index (χ3n) is 4.19. The highest BCUT2D eigenvalue weighted by atomic mass is 32.1. The van der Waals surface area contributed by atoms with Crippen LogP contribution in [0.2, 0.25) is 0 Å². The lowest BCUT2D eigenvalue weighted by Gasteiger charge is -2.02. The fourth-order valence-electron chi connectivity index (χ4n) is 2.67. The molecule has 0 atom stereocenters. The van der Waals surface area contributed by atoms with Crippen LogP contribution in [0.5, 0.6) is 0 Å². The lowest BCUT2D eigenvalue weighted by Crippen LogP contribution is -2.27. The number of aromatic nitrogens is 3. The number of rotatable bonds is 7.